The van der Waals surface area contributed by atoms with Crippen molar-refractivity contribution in [1.82, 2.24) is 0 Å². The fourth-order valence-electron chi connectivity index (χ4n) is 1.31. The Morgan fingerprint density at radius 2 is 2.31 bits per heavy atom. The number of rotatable bonds is 4. The summed E-state index contributed by atoms with van der Waals surface area (Å²) < 4.78 is 5.64. The zero-order valence-corrected chi connectivity index (χ0v) is 8.92. The van der Waals surface area contributed by atoms with E-state index >= 15 is 0 Å². The van der Waals surface area contributed by atoms with Gasteiger partial charge in [-0.2, -0.15) is 0 Å². The topological polar surface area (TPSA) is 9.23 Å². The van der Waals surface area contributed by atoms with Crippen molar-refractivity contribution in [3.05, 3.63) is 24.0 Å². The van der Waals surface area contributed by atoms with Crippen LogP contribution in [-0.4, -0.2) is 6.61 Å². The van der Waals surface area contributed by atoms with Gasteiger partial charge < -0.3 is 4.74 Å². The van der Waals surface area contributed by atoms with Crippen LogP contribution in [0.3, 0.4) is 0 Å². The lowest BCUT2D eigenvalue weighted by atomic mass is 10.0. The molecular weight excluding hydrogens is 160 g/mol. The van der Waals surface area contributed by atoms with Gasteiger partial charge in [0.2, 0.25) is 0 Å². The highest BCUT2D eigenvalue weighted by Crippen LogP contribution is 2.17. The van der Waals surface area contributed by atoms with Crippen LogP contribution in [0, 0.1) is 11.8 Å². The molecule has 1 rings (SSSR count). The van der Waals surface area contributed by atoms with Gasteiger partial charge in [-0.15, -0.1) is 0 Å². The van der Waals surface area contributed by atoms with E-state index in [9.17, 15) is 0 Å². The van der Waals surface area contributed by atoms with Crippen LogP contribution in [0.5, 0.6) is 0 Å². The van der Waals surface area contributed by atoms with E-state index in [1.54, 1.807) is 0 Å². The smallest absolute Gasteiger partial charge is 0.115 e. The minimum absolute atomic E-state index is 0.638. The standard InChI is InChI=1S/C12H20O/c1-10(2)7-8-13-12-6-4-5-11(3)9-12/h4,6,9-11H,5,7-8H2,1-3H3. The summed E-state index contributed by atoms with van der Waals surface area (Å²) in [6.07, 6.45) is 8.77. The van der Waals surface area contributed by atoms with Crippen LogP contribution in [0.4, 0.5) is 0 Å². The minimum Gasteiger partial charge on any atom is -0.494 e. The van der Waals surface area contributed by atoms with E-state index in [1.165, 1.54) is 0 Å². The maximum atomic E-state index is 5.64. The van der Waals surface area contributed by atoms with Gasteiger partial charge in [0.1, 0.15) is 5.76 Å². The lowest BCUT2D eigenvalue weighted by molar-refractivity contribution is 0.203. The van der Waals surface area contributed by atoms with Crippen LogP contribution in [-0.2, 0) is 4.74 Å². The second kappa shape index (κ2) is 5.11. The summed E-state index contributed by atoms with van der Waals surface area (Å²) in [5.41, 5.74) is 0. The average Bonchev–Trinajstić information content (AvgIpc) is 2.03. The van der Waals surface area contributed by atoms with Crippen molar-refractivity contribution in [2.45, 2.75) is 33.6 Å². The SMILES string of the molecule is CC(C)CCOC1=CC(C)CC=C1. The molecule has 0 aromatic carbocycles. The highest BCUT2D eigenvalue weighted by Gasteiger charge is 2.04. The lowest BCUT2D eigenvalue weighted by Crippen LogP contribution is -2.02. The molecule has 0 saturated carbocycles. The van der Waals surface area contributed by atoms with Crippen LogP contribution >= 0.6 is 0 Å². The number of ether oxygens (including phenoxy) is 1. The van der Waals surface area contributed by atoms with Gasteiger partial charge in [-0.25, -0.2) is 0 Å². The molecule has 0 aromatic rings. The van der Waals surface area contributed by atoms with Crippen molar-refractivity contribution < 1.29 is 4.74 Å². The fraction of sp³-hybridized carbons (Fsp3) is 0.667. The van der Waals surface area contributed by atoms with Crippen LogP contribution < -0.4 is 0 Å². The van der Waals surface area contributed by atoms with Gasteiger partial charge in [0, 0.05) is 0 Å². The highest BCUT2D eigenvalue weighted by molar-refractivity contribution is 5.17. The quantitative estimate of drug-likeness (QED) is 0.643. The molecule has 0 N–H and O–H groups in total. The van der Waals surface area contributed by atoms with Crippen molar-refractivity contribution in [3.63, 3.8) is 0 Å². The third-order valence-corrected chi connectivity index (χ3v) is 2.20. The molecular formula is C12H20O. The van der Waals surface area contributed by atoms with E-state index in [1.807, 2.05) is 0 Å². The van der Waals surface area contributed by atoms with E-state index in [2.05, 4.69) is 39.0 Å². The molecule has 1 heteroatoms. The van der Waals surface area contributed by atoms with Gasteiger partial charge in [-0.05, 0) is 36.8 Å². The molecule has 0 aromatic heterocycles. The van der Waals surface area contributed by atoms with Crippen molar-refractivity contribution in [3.8, 4) is 0 Å². The lowest BCUT2D eigenvalue weighted by Gasteiger charge is -2.14. The van der Waals surface area contributed by atoms with Crippen LogP contribution in [0.1, 0.15) is 33.6 Å². The van der Waals surface area contributed by atoms with Crippen molar-refractivity contribution in [1.29, 1.82) is 0 Å². The molecule has 0 heterocycles. The number of allylic oxidation sites excluding steroid dienone is 3. The first kappa shape index (κ1) is 10.4. The second-order valence-electron chi connectivity index (χ2n) is 4.22. The molecule has 0 fully saturated rings. The van der Waals surface area contributed by atoms with E-state index in [4.69, 9.17) is 4.74 Å². The summed E-state index contributed by atoms with van der Waals surface area (Å²) in [6, 6.07) is 0. The van der Waals surface area contributed by atoms with E-state index < -0.39 is 0 Å². The molecule has 0 radical (unpaired) electrons. The molecule has 13 heavy (non-hydrogen) atoms. The van der Waals surface area contributed by atoms with Crippen molar-refractivity contribution >= 4 is 0 Å². The summed E-state index contributed by atoms with van der Waals surface area (Å²) in [5.74, 6) is 2.42. The van der Waals surface area contributed by atoms with E-state index in [0.29, 0.717) is 5.92 Å². The first-order valence-electron chi connectivity index (χ1n) is 5.19. The second-order valence-corrected chi connectivity index (χ2v) is 4.22. The Balaban J connectivity index is 2.24. The molecule has 0 spiro atoms. The van der Waals surface area contributed by atoms with Crippen LogP contribution in [0.25, 0.3) is 0 Å². The Labute approximate surface area is 81.5 Å². The number of hydrogen-bond acceptors (Lipinski definition) is 1. The summed E-state index contributed by atoms with van der Waals surface area (Å²) in [6.45, 7) is 7.50. The Hall–Kier alpha value is -0.720. The molecule has 0 bridgehead atoms. The fourth-order valence-corrected chi connectivity index (χ4v) is 1.31. The predicted molar refractivity (Wildman–Crippen MR) is 56.4 cm³/mol. The first-order valence-corrected chi connectivity index (χ1v) is 5.19. The van der Waals surface area contributed by atoms with Gasteiger partial charge in [0.15, 0.2) is 0 Å². The molecule has 1 aliphatic carbocycles. The van der Waals surface area contributed by atoms with Crippen LogP contribution in [0.15, 0.2) is 24.0 Å². The Morgan fingerprint density at radius 3 is 2.92 bits per heavy atom. The summed E-state index contributed by atoms with van der Waals surface area (Å²) in [4.78, 5) is 0. The molecule has 1 atom stereocenters. The van der Waals surface area contributed by atoms with E-state index in [-0.39, 0.29) is 0 Å². The monoisotopic (exact) mass is 180 g/mol. The molecule has 1 unspecified atom stereocenters. The van der Waals surface area contributed by atoms with Gasteiger partial charge in [0.25, 0.3) is 0 Å². The highest BCUT2D eigenvalue weighted by atomic mass is 16.5. The average molecular weight is 180 g/mol. The van der Waals surface area contributed by atoms with Crippen molar-refractivity contribution in [2.24, 2.45) is 11.8 Å². The zero-order valence-electron chi connectivity index (χ0n) is 8.92. The Bertz CT molecular complexity index is 201. The van der Waals surface area contributed by atoms with Crippen LogP contribution in [0.2, 0.25) is 0 Å². The molecule has 74 valence electrons. The van der Waals surface area contributed by atoms with Gasteiger partial charge in [0.05, 0.1) is 6.61 Å². The molecule has 0 amide bonds. The third kappa shape index (κ3) is 4.16. The normalized spacial score (nSPS) is 21.8. The molecule has 0 aliphatic heterocycles. The van der Waals surface area contributed by atoms with Crippen molar-refractivity contribution in [2.75, 3.05) is 6.61 Å². The maximum absolute atomic E-state index is 5.64. The Kier molecular flexibility index (Phi) is 4.07. The van der Waals surface area contributed by atoms with Gasteiger partial charge in [-0.1, -0.05) is 26.8 Å². The summed E-state index contributed by atoms with van der Waals surface area (Å²) >= 11 is 0. The first-order chi connectivity index (χ1) is 6.18. The molecule has 0 saturated heterocycles. The minimum atomic E-state index is 0.638. The van der Waals surface area contributed by atoms with Gasteiger partial charge in [-0.3, -0.25) is 0 Å². The summed E-state index contributed by atoms with van der Waals surface area (Å²) in [7, 11) is 0. The molecule has 1 aliphatic rings. The van der Waals surface area contributed by atoms with E-state index in [0.717, 1.165) is 31.1 Å². The Morgan fingerprint density at radius 1 is 1.54 bits per heavy atom. The zero-order chi connectivity index (χ0) is 9.68. The molecule has 1 nitrogen and oxygen atoms in total. The maximum Gasteiger partial charge on any atom is 0.115 e. The largest absolute Gasteiger partial charge is 0.494 e. The summed E-state index contributed by atoms with van der Waals surface area (Å²) in [5, 5.41) is 0. The third-order valence-electron chi connectivity index (χ3n) is 2.20. The van der Waals surface area contributed by atoms with Gasteiger partial charge >= 0.3 is 0 Å². The predicted octanol–water partition coefficient (Wildman–Crippen LogP) is 3.53. The number of hydrogen-bond donors (Lipinski definition) is 0.